The third-order valence-electron chi connectivity index (χ3n) is 4.58. The van der Waals surface area contributed by atoms with Crippen LogP contribution in [0.4, 0.5) is 0 Å². The van der Waals surface area contributed by atoms with E-state index < -0.39 is 0 Å². The van der Waals surface area contributed by atoms with E-state index in [2.05, 4.69) is 6.92 Å². The van der Waals surface area contributed by atoms with Crippen LogP contribution in [0.5, 0.6) is 5.75 Å². The Morgan fingerprint density at radius 2 is 1.83 bits per heavy atom. The van der Waals surface area contributed by atoms with Crippen LogP contribution >= 0.6 is 0 Å². The number of hydrogen-bond acceptors (Lipinski definition) is 3. The molecule has 1 aromatic carbocycles. The molecule has 1 fully saturated rings. The van der Waals surface area contributed by atoms with Gasteiger partial charge in [0, 0.05) is 32.1 Å². The number of nitrogens with zero attached hydrogens (tertiary/aromatic N) is 2. The second-order valence-electron chi connectivity index (χ2n) is 6.42. The summed E-state index contributed by atoms with van der Waals surface area (Å²) in [5.74, 6) is 1.17. The highest BCUT2D eigenvalue weighted by Crippen LogP contribution is 2.15. The van der Waals surface area contributed by atoms with Crippen LogP contribution < -0.4 is 4.74 Å². The van der Waals surface area contributed by atoms with E-state index in [-0.39, 0.29) is 17.7 Å². The maximum Gasteiger partial charge on any atom is 0.227 e. The van der Waals surface area contributed by atoms with E-state index in [1.165, 1.54) is 0 Å². The number of methoxy groups -OCH3 is 1. The van der Waals surface area contributed by atoms with Gasteiger partial charge in [-0.15, -0.1) is 0 Å². The van der Waals surface area contributed by atoms with Gasteiger partial charge in [-0.25, -0.2) is 0 Å². The maximum atomic E-state index is 12.5. The standard InChI is InChI=1S/C19H28N2O3/c1-4-6-15(2)19(23)21-11-9-20(10-12-21)18(22)14-16-7-5-8-17(13-16)24-3/h5,7-8,13,15H,4,6,9-12,14H2,1-3H3/t15-/m0/s1. The molecular weight excluding hydrogens is 304 g/mol. The highest BCUT2D eigenvalue weighted by molar-refractivity contribution is 5.81. The van der Waals surface area contributed by atoms with Crippen molar-refractivity contribution in [3.05, 3.63) is 29.8 Å². The molecule has 1 aliphatic heterocycles. The van der Waals surface area contributed by atoms with Gasteiger partial charge >= 0.3 is 0 Å². The van der Waals surface area contributed by atoms with Gasteiger partial charge in [-0.1, -0.05) is 32.4 Å². The minimum atomic E-state index is 0.0778. The number of carbonyl (C=O) groups excluding carboxylic acids is 2. The Morgan fingerprint density at radius 1 is 1.17 bits per heavy atom. The first kappa shape index (κ1) is 18.3. The zero-order chi connectivity index (χ0) is 17.5. The average molecular weight is 332 g/mol. The van der Waals surface area contributed by atoms with Gasteiger partial charge in [0.1, 0.15) is 5.75 Å². The number of carbonyl (C=O) groups is 2. The van der Waals surface area contributed by atoms with E-state index in [1.54, 1.807) is 7.11 Å². The lowest BCUT2D eigenvalue weighted by molar-refractivity contribution is -0.141. The molecule has 0 aromatic heterocycles. The lowest BCUT2D eigenvalue weighted by Crippen LogP contribution is -2.52. The highest BCUT2D eigenvalue weighted by atomic mass is 16.5. The molecule has 0 bridgehead atoms. The van der Waals surface area contributed by atoms with Gasteiger partial charge in [-0.2, -0.15) is 0 Å². The minimum absolute atomic E-state index is 0.0778. The summed E-state index contributed by atoms with van der Waals surface area (Å²) in [4.78, 5) is 28.5. The largest absolute Gasteiger partial charge is 0.497 e. The number of benzene rings is 1. The molecule has 24 heavy (non-hydrogen) atoms. The SMILES string of the molecule is CCC[C@H](C)C(=O)N1CCN(C(=O)Cc2cccc(OC)c2)CC1. The Balaban J connectivity index is 1.85. The van der Waals surface area contributed by atoms with Crippen LogP contribution in [-0.4, -0.2) is 54.9 Å². The minimum Gasteiger partial charge on any atom is -0.497 e. The highest BCUT2D eigenvalue weighted by Gasteiger charge is 2.26. The molecule has 0 unspecified atom stereocenters. The van der Waals surface area contributed by atoms with Gasteiger partial charge < -0.3 is 14.5 Å². The van der Waals surface area contributed by atoms with Crippen molar-refractivity contribution >= 4 is 11.8 Å². The fraction of sp³-hybridized carbons (Fsp3) is 0.579. The van der Waals surface area contributed by atoms with Gasteiger partial charge in [0.15, 0.2) is 0 Å². The van der Waals surface area contributed by atoms with E-state index in [1.807, 2.05) is 41.0 Å². The molecule has 2 amide bonds. The van der Waals surface area contributed by atoms with Gasteiger partial charge in [-0.05, 0) is 24.1 Å². The van der Waals surface area contributed by atoms with E-state index in [0.29, 0.717) is 32.6 Å². The fourth-order valence-electron chi connectivity index (χ4n) is 3.11. The molecule has 0 saturated carbocycles. The van der Waals surface area contributed by atoms with Crippen LogP contribution in [0.2, 0.25) is 0 Å². The van der Waals surface area contributed by atoms with Gasteiger partial charge in [0.2, 0.25) is 11.8 Å². The second kappa shape index (κ2) is 8.71. The van der Waals surface area contributed by atoms with Crippen LogP contribution in [0, 0.1) is 5.92 Å². The third kappa shape index (κ3) is 4.73. The van der Waals surface area contributed by atoms with Crippen LogP contribution in [0.15, 0.2) is 24.3 Å². The zero-order valence-corrected chi connectivity index (χ0v) is 15.0. The Hall–Kier alpha value is -2.04. The summed E-state index contributed by atoms with van der Waals surface area (Å²) >= 11 is 0. The van der Waals surface area contributed by atoms with Crippen molar-refractivity contribution in [2.75, 3.05) is 33.3 Å². The number of piperazine rings is 1. The van der Waals surface area contributed by atoms with Crippen LogP contribution in [0.1, 0.15) is 32.3 Å². The Morgan fingerprint density at radius 3 is 2.46 bits per heavy atom. The number of rotatable bonds is 6. The van der Waals surface area contributed by atoms with Crippen molar-refractivity contribution in [2.24, 2.45) is 5.92 Å². The molecule has 132 valence electrons. The predicted octanol–water partition coefficient (Wildman–Crippen LogP) is 2.34. The van der Waals surface area contributed by atoms with Crippen molar-refractivity contribution in [1.82, 2.24) is 9.80 Å². The maximum absolute atomic E-state index is 12.5. The molecule has 1 aliphatic rings. The molecule has 0 aliphatic carbocycles. The molecule has 5 heteroatoms. The Kier molecular flexibility index (Phi) is 6.64. The van der Waals surface area contributed by atoms with Gasteiger partial charge in [-0.3, -0.25) is 9.59 Å². The summed E-state index contributed by atoms with van der Waals surface area (Å²) in [6.45, 7) is 6.60. The first-order valence-electron chi connectivity index (χ1n) is 8.74. The van der Waals surface area contributed by atoms with Crippen LogP contribution in [-0.2, 0) is 16.0 Å². The van der Waals surface area contributed by atoms with E-state index in [9.17, 15) is 9.59 Å². The quantitative estimate of drug-likeness (QED) is 0.803. The summed E-state index contributed by atoms with van der Waals surface area (Å²) in [7, 11) is 1.62. The zero-order valence-electron chi connectivity index (χ0n) is 15.0. The molecule has 2 rings (SSSR count). The van der Waals surface area contributed by atoms with E-state index in [0.717, 1.165) is 24.2 Å². The summed E-state index contributed by atoms with van der Waals surface area (Å²) in [6, 6.07) is 7.60. The Bertz CT molecular complexity index is 565. The molecule has 0 radical (unpaired) electrons. The molecule has 1 atom stereocenters. The van der Waals surface area contributed by atoms with E-state index in [4.69, 9.17) is 4.74 Å². The molecule has 0 spiro atoms. The van der Waals surface area contributed by atoms with Crippen molar-refractivity contribution in [2.45, 2.75) is 33.1 Å². The second-order valence-corrected chi connectivity index (χ2v) is 6.42. The summed E-state index contributed by atoms with van der Waals surface area (Å²) < 4.78 is 5.20. The lowest BCUT2D eigenvalue weighted by atomic mass is 10.0. The first-order valence-corrected chi connectivity index (χ1v) is 8.74. The molecule has 5 nitrogen and oxygen atoms in total. The molecular formula is C19H28N2O3. The predicted molar refractivity (Wildman–Crippen MR) is 93.9 cm³/mol. The first-order chi connectivity index (χ1) is 11.5. The number of hydrogen-bond donors (Lipinski definition) is 0. The summed E-state index contributed by atoms with van der Waals surface area (Å²) in [6.07, 6.45) is 2.32. The number of ether oxygens (including phenoxy) is 1. The molecule has 1 saturated heterocycles. The lowest BCUT2D eigenvalue weighted by Gasteiger charge is -2.36. The van der Waals surface area contributed by atoms with Crippen molar-refractivity contribution < 1.29 is 14.3 Å². The van der Waals surface area contributed by atoms with Gasteiger partial charge in [0.25, 0.3) is 0 Å². The average Bonchev–Trinajstić information content (AvgIpc) is 2.61. The fourth-order valence-corrected chi connectivity index (χ4v) is 3.11. The molecule has 0 N–H and O–H groups in total. The topological polar surface area (TPSA) is 49.9 Å². The van der Waals surface area contributed by atoms with Crippen molar-refractivity contribution in [3.63, 3.8) is 0 Å². The molecule has 1 aromatic rings. The van der Waals surface area contributed by atoms with E-state index >= 15 is 0 Å². The normalized spacial score (nSPS) is 16.0. The van der Waals surface area contributed by atoms with Crippen molar-refractivity contribution in [1.29, 1.82) is 0 Å². The summed E-state index contributed by atoms with van der Waals surface area (Å²) in [5, 5.41) is 0. The van der Waals surface area contributed by atoms with Crippen molar-refractivity contribution in [3.8, 4) is 5.75 Å². The van der Waals surface area contributed by atoms with Crippen LogP contribution in [0.3, 0.4) is 0 Å². The summed E-state index contributed by atoms with van der Waals surface area (Å²) in [5.41, 5.74) is 0.953. The third-order valence-corrected chi connectivity index (χ3v) is 4.58. The van der Waals surface area contributed by atoms with Crippen LogP contribution in [0.25, 0.3) is 0 Å². The Labute approximate surface area is 144 Å². The smallest absolute Gasteiger partial charge is 0.227 e. The monoisotopic (exact) mass is 332 g/mol. The molecule has 1 heterocycles. The van der Waals surface area contributed by atoms with Gasteiger partial charge in [0.05, 0.1) is 13.5 Å². The number of amides is 2.